The van der Waals surface area contributed by atoms with Gasteiger partial charge < -0.3 is 11.1 Å². The van der Waals surface area contributed by atoms with Crippen molar-refractivity contribution in [3.05, 3.63) is 47.0 Å². The van der Waals surface area contributed by atoms with E-state index in [1.165, 1.54) is 6.33 Å². The van der Waals surface area contributed by atoms with Gasteiger partial charge in [0.15, 0.2) is 0 Å². The van der Waals surface area contributed by atoms with Gasteiger partial charge in [-0.25, -0.2) is 9.97 Å². The van der Waals surface area contributed by atoms with Crippen LogP contribution in [0.1, 0.15) is 5.56 Å². The third-order valence-corrected chi connectivity index (χ3v) is 2.96. The summed E-state index contributed by atoms with van der Waals surface area (Å²) < 4.78 is 0.854. The topological polar surface area (TPSA) is 63.8 Å². The normalized spacial score (nSPS) is 9.94. The molecular formula is C11H9BrN4S. The Morgan fingerprint density at radius 2 is 2.00 bits per heavy atom. The van der Waals surface area contributed by atoms with E-state index in [9.17, 15) is 0 Å². The number of hydrogen-bond acceptors (Lipinski definition) is 4. The number of benzene rings is 1. The number of hydrogen-bond donors (Lipinski definition) is 2. The molecule has 3 N–H and O–H groups in total. The summed E-state index contributed by atoms with van der Waals surface area (Å²) in [5, 5.41) is 3.17. The molecule has 0 aliphatic heterocycles. The quantitative estimate of drug-likeness (QED) is 0.853. The third kappa shape index (κ3) is 2.78. The van der Waals surface area contributed by atoms with Crippen LogP contribution in [0.4, 0.5) is 11.4 Å². The van der Waals surface area contributed by atoms with Crippen LogP contribution in [-0.2, 0) is 0 Å². The smallest absolute Gasteiger partial charge is 0.115 e. The Hall–Kier alpha value is -1.53. The summed E-state index contributed by atoms with van der Waals surface area (Å²) in [7, 11) is 0. The van der Waals surface area contributed by atoms with Crippen LogP contribution in [0.15, 0.2) is 41.4 Å². The van der Waals surface area contributed by atoms with Crippen LogP contribution in [0.3, 0.4) is 0 Å². The Morgan fingerprint density at radius 3 is 2.65 bits per heavy atom. The fourth-order valence-corrected chi connectivity index (χ4v) is 2.33. The Kier molecular flexibility index (Phi) is 3.65. The average Bonchev–Trinajstić information content (AvgIpc) is 2.30. The maximum Gasteiger partial charge on any atom is 0.115 e. The summed E-state index contributed by atoms with van der Waals surface area (Å²) in [6.45, 7) is 0. The standard InChI is InChI=1S/C11H9BrN4S/c12-8-2-1-3-9(10(8)11(13)17)16-7-4-14-6-15-5-7/h1-6,16H,(H2,13,17). The molecule has 1 aromatic heterocycles. The van der Waals surface area contributed by atoms with E-state index in [2.05, 4.69) is 31.2 Å². The van der Waals surface area contributed by atoms with E-state index in [1.54, 1.807) is 12.4 Å². The zero-order chi connectivity index (χ0) is 12.3. The van der Waals surface area contributed by atoms with E-state index >= 15 is 0 Å². The highest BCUT2D eigenvalue weighted by Crippen LogP contribution is 2.26. The zero-order valence-corrected chi connectivity index (χ0v) is 11.1. The molecule has 0 spiro atoms. The molecule has 1 aromatic carbocycles. The molecule has 0 saturated carbocycles. The minimum absolute atomic E-state index is 0.330. The Balaban J connectivity index is 2.40. The van der Waals surface area contributed by atoms with Crippen LogP contribution in [0.2, 0.25) is 0 Å². The minimum atomic E-state index is 0.330. The largest absolute Gasteiger partial charge is 0.389 e. The Morgan fingerprint density at radius 1 is 1.29 bits per heavy atom. The van der Waals surface area contributed by atoms with E-state index in [0.29, 0.717) is 4.99 Å². The monoisotopic (exact) mass is 308 g/mol. The first kappa shape index (κ1) is 11.9. The fourth-order valence-electron chi connectivity index (χ4n) is 1.40. The van der Waals surface area contributed by atoms with Crippen molar-refractivity contribution in [1.29, 1.82) is 0 Å². The number of rotatable bonds is 3. The van der Waals surface area contributed by atoms with E-state index in [-0.39, 0.29) is 0 Å². The van der Waals surface area contributed by atoms with Crippen molar-refractivity contribution in [1.82, 2.24) is 9.97 Å². The van der Waals surface area contributed by atoms with Gasteiger partial charge in [-0.1, -0.05) is 18.3 Å². The number of halogens is 1. The summed E-state index contributed by atoms with van der Waals surface area (Å²) in [5.41, 5.74) is 8.07. The van der Waals surface area contributed by atoms with Gasteiger partial charge >= 0.3 is 0 Å². The van der Waals surface area contributed by atoms with Gasteiger partial charge in [0.25, 0.3) is 0 Å². The van der Waals surface area contributed by atoms with Crippen LogP contribution >= 0.6 is 28.1 Å². The SMILES string of the molecule is NC(=S)c1c(Br)cccc1Nc1cncnc1. The second-order valence-corrected chi connectivity index (χ2v) is 4.57. The second kappa shape index (κ2) is 5.20. The summed E-state index contributed by atoms with van der Waals surface area (Å²) in [6.07, 6.45) is 4.83. The van der Waals surface area contributed by atoms with Crippen LogP contribution in [0.5, 0.6) is 0 Å². The van der Waals surface area contributed by atoms with E-state index < -0.39 is 0 Å². The van der Waals surface area contributed by atoms with E-state index in [1.807, 2.05) is 18.2 Å². The lowest BCUT2D eigenvalue weighted by molar-refractivity contribution is 1.17. The van der Waals surface area contributed by atoms with Crippen LogP contribution in [0, 0.1) is 0 Å². The van der Waals surface area contributed by atoms with Crippen molar-refractivity contribution in [3.8, 4) is 0 Å². The van der Waals surface area contributed by atoms with Gasteiger partial charge in [-0.05, 0) is 28.1 Å². The second-order valence-electron chi connectivity index (χ2n) is 3.28. The molecule has 17 heavy (non-hydrogen) atoms. The van der Waals surface area contributed by atoms with Gasteiger partial charge in [-0.15, -0.1) is 0 Å². The Labute approximate surface area is 112 Å². The predicted octanol–water partition coefficient (Wildman–Crippen LogP) is 2.62. The molecule has 6 heteroatoms. The fraction of sp³-hybridized carbons (Fsp3) is 0. The molecule has 2 aromatic rings. The van der Waals surface area contributed by atoms with Crippen molar-refractivity contribution in [2.45, 2.75) is 0 Å². The number of thiocarbonyl (C=S) groups is 1. The van der Waals surface area contributed by atoms with Crippen LogP contribution < -0.4 is 11.1 Å². The van der Waals surface area contributed by atoms with E-state index in [0.717, 1.165) is 21.4 Å². The number of aromatic nitrogens is 2. The molecule has 2 rings (SSSR count). The molecule has 0 aliphatic rings. The van der Waals surface area contributed by atoms with Gasteiger partial charge in [0.2, 0.25) is 0 Å². The first-order valence-electron chi connectivity index (χ1n) is 4.79. The molecule has 0 unspecified atom stereocenters. The lowest BCUT2D eigenvalue weighted by Crippen LogP contribution is -2.12. The number of anilines is 2. The van der Waals surface area contributed by atoms with Crippen molar-refractivity contribution in [2.24, 2.45) is 5.73 Å². The molecule has 4 nitrogen and oxygen atoms in total. The number of nitrogens with two attached hydrogens (primary N) is 1. The van der Waals surface area contributed by atoms with Crippen molar-refractivity contribution >= 4 is 44.5 Å². The third-order valence-electron chi connectivity index (χ3n) is 2.10. The summed E-state index contributed by atoms with van der Waals surface area (Å²) in [4.78, 5) is 8.19. The highest BCUT2D eigenvalue weighted by atomic mass is 79.9. The summed E-state index contributed by atoms with van der Waals surface area (Å²) >= 11 is 8.45. The summed E-state index contributed by atoms with van der Waals surface area (Å²) in [6, 6.07) is 5.69. The number of nitrogens with zero attached hydrogens (tertiary/aromatic N) is 2. The minimum Gasteiger partial charge on any atom is -0.389 e. The van der Waals surface area contributed by atoms with Gasteiger partial charge in [-0.3, -0.25) is 0 Å². The van der Waals surface area contributed by atoms with Crippen molar-refractivity contribution < 1.29 is 0 Å². The van der Waals surface area contributed by atoms with Crippen LogP contribution in [-0.4, -0.2) is 15.0 Å². The van der Waals surface area contributed by atoms with Crippen LogP contribution in [0.25, 0.3) is 0 Å². The first-order chi connectivity index (χ1) is 8.18. The lowest BCUT2D eigenvalue weighted by Gasteiger charge is -2.12. The summed E-state index contributed by atoms with van der Waals surface area (Å²) in [5.74, 6) is 0. The Bertz CT molecular complexity index is 544. The highest BCUT2D eigenvalue weighted by Gasteiger charge is 2.09. The molecule has 0 amide bonds. The molecule has 0 radical (unpaired) electrons. The zero-order valence-electron chi connectivity index (χ0n) is 8.72. The maximum absolute atomic E-state index is 5.70. The van der Waals surface area contributed by atoms with Gasteiger partial charge in [0.05, 0.1) is 18.1 Å². The van der Waals surface area contributed by atoms with Crippen molar-refractivity contribution in [3.63, 3.8) is 0 Å². The highest BCUT2D eigenvalue weighted by molar-refractivity contribution is 9.10. The van der Waals surface area contributed by atoms with Gasteiger partial charge in [0, 0.05) is 15.7 Å². The molecule has 0 atom stereocenters. The average molecular weight is 309 g/mol. The first-order valence-corrected chi connectivity index (χ1v) is 5.99. The molecule has 1 heterocycles. The maximum atomic E-state index is 5.70. The van der Waals surface area contributed by atoms with Gasteiger partial charge in [0.1, 0.15) is 11.3 Å². The molecule has 0 bridgehead atoms. The molecule has 86 valence electrons. The number of nitrogens with one attached hydrogen (secondary N) is 1. The molecule has 0 saturated heterocycles. The molecular weight excluding hydrogens is 300 g/mol. The van der Waals surface area contributed by atoms with E-state index in [4.69, 9.17) is 18.0 Å². The van der Waals surface area contributed by atoms with Gasteiger partial charge in [-0.2, -0.15) is 0 Å². The molecule has 0 fully saturated rings. The van der Waals surface area contributed by atoms with Crippen molar-refractivity contribution in [2.75, 3.05) is 5.32 Å². The lowest BCUT2D eigenvalue weighted by atomic mass is 10.1. The molecule has 0 aliphatic carbocycles. The predicted molar refractivity (Wildman–Crippen MR) is 75.3 cm³/mol.